The van der Waals surface area contributed by atoms with Crippen molar-refractivity contribution in [3.63, 3.8) is 0 Å². The van der Waals surface area contributed by atoms with Crippen LogP contribution in [0.2, 0.25) is 0 Å². The first-order valence-electron chi connectivity index (χ1n) is 12.3. The maximum absolute atomic E-state index is 13.3. The van der Waals surface area contributed by atoms with Gasteiger partial charge in [-0.1, -0.05) is 73.5 Å². The van der Waals surface area contributed by atoms with E-state index in [2.05, 4.69) is 17.4 Å². The number of aliphatic carboxylic acids is 1. The van der Waals surface area contributed by atoms with Gasteiger partial charge in [0.25, 0.3) is 0 Å². The van der Waals surface area contributed by atoms with Crippen molar-refractivity contribution in [2.24, 2.45) is 0 Å². The van der Waals surface area contributed by atoms with Crippen LogP contribution in [0.3, 0.4) is 0 Å². The molecule has 6 heteroatoms. The highest BCUT2D eigenvalue weighted by Gasteiger charge is 2.21. The summed E-state index contributed by atoms with van der Waals surface area (Å²) in [5, 5.41) is 12.2. The molecule has 0 radical (unpaired) electrons. The molecule has 1 fully saturated rings. The van der Waals surface area contributed by atoms with Gasteiger partial charge in [0.05, 0.1) is 6.42 Å². The zero-order valence-electron chi connectivity index (χ0n) is 19.9. The molecule has 3 aromatic carbocycles. The van der Waals surface area contributed by atoms with E-state index in [1.54, 1.807) is 11.8 Å². The molecular weight excluding hydrogens is 456 g/mol. The lowest BCUT2D eigenvalue weighted by molar-refractivity contribution is -0.136. The molecule has 2 N–H and O–H groups in total. The maximum Gasteiger partial charge on any atom is 0.322 e. The van der Waals surface area contributed by atoms with Gasteiger partial charge < -0.3 is 10.4 Å². The number of hydrogen-bond acceptors (Lipinski definition) is 3. The summed E-state index contributed by atoms with van der Waals surface area (Å²) in [6.07, 6.45) is 6.54. The molecule has 0 bridgehead atoms. The summed E-state index contributed by atoms with van der Waals surface area (Å²) >= 11 is 1.62. The van der Waals surface area contributed by atoms with Gasteiger partial charge in [-0.3, -0.25) is 9.69 Å². The predicted octanol–water partition coefficient (Wildman–Crippen LogP) is 6.56. The number of anilines is 1. The first-order chi connectivity index (χ1) is 17.1. The molecule has 4 rings (SSSR count). The molecule has 0 heterocycles. The third-order valence-corrected chi connectivity index (χ3v) is 7.32. The number of amides is 2. The lowest BCUT2D eigenvalue weighted by atomic mass is 9.96. The molecule has 0 unspecified atom stereocenters. The quantitative estimate of drug-likeness (QED) is 0.358. The Morgan fingerprint density at radius 2 is 1.46 bits per heavy atom. The van der Waals surface area contributed by atoms with E-state index in [9.17, 15) is 9.59 Å². The summed E-state index contributed by atoms with van der Waals surface area (Å²) in [6.45, 7) is 0.611. The lowest BCUT2D eigenvalue weighted by Crippen LogP contribution is -2.46. The van der Waals surface area contributed by atoms with Crippen molar-refractivity contribution in [3.8, 4) is 0 Å². The molecule has 0 aliphatic heterocycles. The number of carbonyl (C=O) groups excluding carboxylic acids is 1. The second-order valence-electron chi connectivity index (χ2n) is 8.98. The largest absolute Gasteiger partial charge is 0.481 e. The second-order valence-corrected chi connectivity index (χ2v) is 10.1. The molecule has 3 aromatic rings. The van der Waals surface area contributed by atoms with Crippen LogP contribution in [-0.2, 0) is 17.6 Å². The number of urea groups is 1. The summed E-state index contributed by atoms with van der Waals surface area (Å²) in [7, 11) is 0. The number of benzene rings is 3. The molecule has 2 amide bonds. The second kappa shape index (κ2) is 12.5. The van der Waals surface area contributed by atoms with Gasteiger partial charge in [0.15, 0.2) is 0 Å². The van der Waals surface area contributed by atoms with Crippen LogP contribution >= 0.6 is 11.8 Å². The average Bonchev–Trinajstić information content (AvgIpc) is 2.87. The van der Waals surface area contributed by atoms with E-state index in [1.807, 2.05) is 71.6 Å². The normalized spacial score (nSPS) is 13.8. The molecule has 1 saturated carbocycles. The molecule has 0 aromatic heterocycles. The molecule has 1 aliphatic rings. The summed E-state index contributed by atoms with van der Waals surface area (Å²) in [6, 6.07) is 26.2. The van der Waals surface area contributed by atoms with E-state index in [0.717, 1.165) is 40.3 Å². The van der Waals surface area contributed by atoms with Crippen molar-refractivity contribution >= 4 is 29.4 Å². The number of carboxylic acid groups (broad SMARTS) is 1. The Labute approximate surface area is 211 Å². The van der Waals surface area contributed by atoms with Crippen LogP contribution in [0, 0.1) is 0 Å². The van der Waals surface area contributed by atoms with Gasteiger partial charge in [-0.25, -0.2) is 4.79 Å². The van der Waals surface area contributed by atoms with Crippen molar-refractivity contribution in [1.29, 1.82) is 0 Å². The third-order valence-electron chi connectivity index (χ3n) is 6.31. The zero-order chi connectivity index (χ0) is 24.5. The Morgan fingerprint density at radius 1 is 0.829 bits per heavy atom. The SMILES string of the molecule is O=C(O)Cc1ccc(Sc2ccc(N(CCc3ccccc3)C(=O)NC3CCCCC3)cc2)cc1. The van der Waals surface area contributed by atoms with Crippen LogP contribution in [0.25, 0.3) is 0 Å². The Hall–Kier alpha value is -3.25. The van der Waals surface area contributed by atoms with Gasteiger partial charge in [-0.2, -0.15) is 0 Å². The topological polar surface area (TPSA) is 69.6 Å². The summed E-state index contributed by atoms with van der Waals surface area (Å²) in [4.78, 5) is 28.1. The van der Waals surface area contributed by atoms with Crippen LogP contribution in [-0.4, -0.2) is 29.7 Å². The van der Waals surface area contributed by atoms with E-state index in [-0.39, 0.29) is 18.5 Å². The molecule has 5 nitrogen and oxygen atoms in total. The van der Waals surface area contributed by atoms with E-state index in [1.165, 1.54) is 24.8 Å². The lowest BCUT2D eigenvalue weighted by Gasteiger charge is -2.28. The Balaban J connectivity index is 1.44. The minimum absolute atomic E-state index is 0.0257. The summed E-state index contributed by atoms with van der Waals surface area (Å²) in [5.74, 6) is -0.828. The van der Waals surface area contributed by atoms with Crippen LogP contribution < -0.4 is 10.2 Å². The molecular formula is C29H32N2O3S. The van der Waals surface area contributed by atoms with Gasteiger partial charge >= 0.3 is 12.0 Å². The van der Waals surface area contributed by atoms with Crippen molar-refractivity contribution in [1.82, 2.24) is 5.32 Å². The Bertz CT molecular complexity index is 1100. The minimum atomic E-state index is -0.828. The average molecular weight is 489 g/mol. The fourth-order valence-corrected chi connectivity index (χ4v) is 5.23. The molecule has 0 spiro atoms. The standard InChI is InChI=1S/C29H32N2O3S/c32-28(33)21-23-11-15-26(16-12-23)35-27-17-13-25(14-18-27)31(20-19-22-7-3-1-4-8-22)29(34)30-24-9-5-2-6-10-24/h1,3-4,7-8,11-18,24H,2,5-6,9-10,19-21H2,(H,30,34)(H,32,33). The van der Waals surface area contributed by atoms with Crippen molar-refractivity contribution in [2.75, 3.05) is 11.4 Å². The number of rotatable bonds is 9. The Kier molecular flexibility index (Phi) is 8.85. The number of carbonyl (C=O) groups is 2. The van der Waals surface area contributed by atoms with Crippen LogP contribution in [0.5, 0.6) is 0 Å². The first-order valence-corrected chi connectivity index (χ1v) is 13.1. The van der Waals surface area contributed by atoms with E-state index < -0.39 is 5.97 Å². The van der Waals surface area contributed by atoms with Crippen LogP contribution in [0.4, 0.5) is 10.5 Å². The molecule has 35 heavy (non-hydrogen) atoms. The number of carboxylic acids is 1. The minimum Gasteiger partial charge on any atom is -0.481 e. The van der Waals surface area contributed by atoms with Gasteiger partial charge in [0, 0.05) is 28.1 Å². The number of nitrogens with zero attached hydrogens (tertiary/aromatic N) is 1. The highest BCUT2D eigenvalue weighted by molar-refractivity contribution is 7.99. The highest BCUT2D eigenvalue weighted by Crippen LogP contribution is 2.30. The smallest absolute Gasteiger partial charge is 0.322 e. The van der Waals surface area contributed by atoms with Gasteiger partial charge in [-0.05, 0) is 66.8 Å². The van der Waals surface area contributed by atoms with Crippen molar-refractivity contribution in [3.05, 3.63) is 90.0 Å². The molecule has 1 aliphatic carbocycles. The molecule has 182 valence electrons. The van der Waals surface area contributed by atoms with Gasteiger partial charge in [0.2, 0.25) is 0 Å². The van der Waals surface area contributed by atoms with E-state index in [0.29, 0.717) is 6.54 Å². The fraction of sp³-hybridized carbons (Fsp3) is 0.310. The maximum atomic E-state index is 13.3. The van der Waals surface area contributed by atoms with Crippen molar-refractivity contribution in [2.45, 2.75) is 60.8 Å². The zero-order valence-corrected chi connectivity index (χ0v) is 20.7. The monoisotopic (exact) mass is 488 g/mol. The van der Waals surface area contributed by atoms with Crippen molar-refractivity contribution < 1.29 is 14.7 Å². The summed E-state index contributed by atoms with van der Waals surface area (Å²) < 4.78 is 0. The van der Waals surface area contributed by atoms with Crippen LogP contribution in [0.15, 0.2) is 88.7 Å². The summed E-state index contributed by atoms with van der Waals surface area (Å²) in [5.41, 5.74) is 2.88. The highest BCUT2D eigenvalue weighted by atomic mass is 32.2. The van der Waals surface area contributed by atoms with Gasteiger partial charge in [-0.15, -0.1) is 0 Å². The first kappa shape index (κ1) is 24.9. The third kappa shape index (κ3) is 7.62. The Morgan fingerprint density at radius 3 is 2.09 bits per heavy atom. The fourth-order valence-electron chi connectivity index (χ4n) is 4.41. The number of nitrogens with one attached hydrogen (secondary N) is 1. The molecule has 0 atom stereocenters. The van der Waals surface area contributed by atoms with E-state index in [4.69, 9.17) is 5.11 Å². The van der Waals surface area contributed by atoms with Gasteiger partial charge in [0.1, 0.15) is 0 Å². The molecule has 0 saturated heterocycles. The number of hydrogen-bond donors (Lipinski definition) is 2. The van der Waals surface area contributed by atoms with Crippen LogP contribution in [0.1, 0.15) is 43.2 Å². The predicted molar refractivity (Wildman–Crippen MR) is 141 cm³/mol. The van der Waals surface area contributed by atoms with E-state index >= 15 is 0 Å².